The van der Waals surface area contributed by atoms with Crippen molar-refractivity contribution in [2.75, 3.05) is 17.2 Å². The molecule has 0 aromatic carbocycles. The number of hydrogen-bond acceptors (Lipinski definition) is 4. The van der Waals surface area contributed by atoms with Crippen molar-refractivity contribution < 1.29 is 4.79 Å². The van der Waals surface area contributed by atoms with E-state index in [1.165, 1.54) is 0 Å². The maximum absolute atomic E-state index is 11.5. The fourth-order valence-corrected chi connectivity index (χ4v) is 2.83. The second kappa shape index (κ2) is 5.34. The van der Waals surface area contributed by atoms with E-state index in [2.05, 4.69) is 30.8 Å². The largest absolute Gasteiger partial charge is 0.394 e. The van der Waals surface area contributed by atoms with E-state index in [4.69, 9.17) is 11.5 Å². The summed E-state index contributed by atoms with van der Waals surface area (Å²) >= 11 is 0. The van der Waals surface area contributed by atoms with Gasteiger partial charge in [0.15, 0.2) is 5.82 Å². The van der Waals surface area contributed by atoms with Crippen LogP contribution < -0.4 is 16.4 Å². The number of nitrogens with two attached hydrogens (primary N) is 2. The molecule has 1 aromatic rings. The van der Waals surface area contributed by atoms with Gasteiger partial charge in [0.2, 0.25) is 5.91 Å². The van der Waals surface area contributed by atoms with Crippen molar-refractivity contribution in [2.24, 2.45) is 11.7 Å². The number of hydrogen-bond donors (Lipinski definition) is 2. The third-order valence-electron chi connectivity index (χ3n) is 4.15. The Balaban J connectivity index is 2.40. The van der Waals surface area contributed by atoms with Gasteiger partial charge in [-0.2, -0.15) is 5.10 Å². The quantitative estimate of drug-likeness (QED) is 0.876. The molecular formula is C14H25N5O. The normalized spacial score (nSPS) is 23.4. The van der Waals surface area contributed by atoms with Crippen LogP contribution >= 0.6 is 0 Å². The molecule has 2 heterocycles. The number of primary amides is 1. The average molecular weight is 279 g/mol. The smallest absolute Gasteiger partial charge is 0.222 e. The van der Waals surface area contributed by atoms with Crippen LogP contribution in [0.25, 0.3) is 0 Å². The van der Waals surface area contributed by atoms with Crippen molar-refractivity contribution in [3.05, 3.63) is 5.69 Å². The lowest BCUT2D eigenvalue weighted by molar-refractivity contribution is -0.122. The summed E-state index contributed by atoms with van der Waals surface area (Å²) < 4.78 is 1.95. The van der Waals surface area contributed by atoms with Gasteiger partial charge in [0.25, 0.3) is 0 Å². The van der Waals surface area contributed by atoms with Crippen molar-refractivity contribution in [1.82, 2.24) is 9.78 Å². The van der Waals surface area contributed by atoms with Crippen molar-refractivity contribution >= 4 is 17.4 Å². The SMILES string of the molecule is Cc1nn(C(C)C)c(N2CC(C(N)=O)CCC2C)c1N. The van der Waals surface area contributed by atoms with Gasteiger partial charge in [0.1, 0.15) is 0 Å². The number of carbonyl (C=O) groups excluding carboxylic acids is 1. The number of anilines is 2. The minimum atomic E-state index is -0.229. The molecule has 6 nitrogen and oxygen atoms in total. The van der Waals surface area contributed by atoms with Gasteiger partial charge in [-0.3, -0.25) is 4.79 Å². The third-order valence-corrected chi connectivity index (χ3v) is 4.15. The molecule has 112 valence electrons. The summed E-state index contributed by atoms with van der Waals surface area (Å²) in [5.41, 5.74) is 13.2. The van der Waals surface area contributed by atoms with Gasteiger partial charge < -0.3 is 16.4 Å². The molecule has 20 heavy (non-hydrogen) atoms. The fourth-order valence-electron chi connectivity index (χ4n) is 2.83. The van der Waals surface area contributed by atoms with Crippen molar-refractivity contribution in [2.45, 2.75) is 52.6 Å². The number of amides is 1. The number of rotatable bonds is 3. The molecule has 6 heteroatoms. The number of aryl methyl sites for hydroxylation is 1. The predicted octanol–water partition coefficient (Wildman–Crippen LogP) is 1.44. The molecule has 1 aliphatic rings. The number of piperidine rings is 1. The lowest BCUT2D eigenvalue weighted by Crippen LogP contribution is -2.47. The molecule has 1 fully saturated rings. The van der Waals surface area contributed by atoms with Gasteiger partial charge in [0, 0.05) is 18.6 Å². The molecule has 0 radical (unpaired) electrons. The standard InChI is InChI=1S/C14H25N5O/c1-8(2)19-14(12(15)10(4)17-19)18-7-11(13(16)20)6-5-9(18)3/h8-9,11H,5-7,15H2,1-4H3,(H2,16,20). The van der Waals surface area contributed by atoms with Gasteiger partial charge in [-0.15, -0.1) is 0 Å². The summed E-state index contributed by atoms with van der Waals surface area (Å²) in [5.74, 6) is 0.588. The van der Waals surface area contributed by atoms with E-state index >= 15 is 0 Å². The van der Waals surface area contributed by atoms with E-state index < -0.39 is 0 Å². The molecule has 2 rings (SSSR count). The number of carbonyl (C=O) groups is 1. The Morgan fingerprint density at radius 3 is 2.60 bits per heavy atom. The maximum atomic E-state index is 11.5. The molecule has 1 aliphatic heterocycles. The van der Waals surface area contributed by atoms with Gasteiger partial charge in [-0.1, -0.05) is 0 Å². The highest BCUT2D eigenvalue weighted by molar-refractivity contribution is 5.78. The van der Waals surface area contributed by atoms with Crippen LogP contribution in [-0.4, -0.2) is 28.3 Å². The zero-order valence-electron chi connectivity index (χ0n) is 12.8. The molecule has 2 unspecified atom stereocenters. The van der Waals surface area contributed by atoms with E-state index in [9.17, 15) is 4.79 Å². The average Bonchev–Trinajstić information content (AvgIpc) is 2.67. The van der Waals surface area contributed by atoms with E-state index in [0.717, 1.165) is 24.4 Å². The molecule has 4 N–H and O–H groups in total. The highest BCUT2D eigenvalue weighted by Crippen LogP contribution is 2.34. The maximum Gasteiger partial charge on any atom is 0.222 e. The van der Waals surface area contributed by atoms with E-state index in [-0.39, 0.29) is 17.9 Å². The molecule has 2 atom stereocenters. The first-order valence-electron chi connectivity index (χ1n) is 7.23. The zero-order chi connectivity index (χ0) is 15.0. The van der Waals surface area contributed by atoms with Gasteiger partial charge in [-0.25, -0.2) is 4.68 Å². The van der Waals surface area contributed by atoms with Gasteiger partial charge in [-0.05, 0) is 40.5 Å². The van der Waals surface area contributed by atoms with Crippen LogP contribution in [0.4, 0.5) is 11.5 Å². The van der Waals surface area contributed by atoms with Crippen LogP contribution in [-0.2, 0) is 4.79 Å². The first-order chi connectivity index (χ1) is 9.32. The lowest BCUT2D eigenvalue weighted by Gasteiger charge is -2.39. The van der Waals surface area contributed by atoms with Crippen LogP contribution in [0.15, 0.2) is 0 Å². The Kier molecular flexibility index (Phi) is 3.92. The fraction of sp³-hybridized carbons (Fsp3) is 0.714. The minimum absolute atomic E-state index is 0.110. The lowest BCUT2D eigenvalue weighted by atomic mass is 9.93. The third kappa shape index (κ3) is 2.46. The molecule has 0 bridgehead atoms. The summed E-state index contributed by atoms with van der Waals surface area (Å²) in [4.78, 5) is 13.7. The van der Waals surface area contributed by atoms with Crippen molar-refractivity contribution in [1.29, 1.82) is 0 Å². The Morgan fingerprint density at radius 1 is 1.40 bits per heavy atom. The van der Waals surface area contributed by atoms with Crippen LogP contribution in [0.2, 0.25) is 0 Å². The van der Waals surface area contributed by atoms with Gasteiger partial charge >= 0.3 is 0 Å². The van der Waals surface area contributed by atoms with E-state index in [1.54, 1.807) is 0 Å². The second-order valence-corrected chi connectivity index (χ2v) is 6.04. The summed E-state index contributed by atoms with van der Waals surface area (Å²) in [7, 11) is 0. The predicted molar refractivity (Wildman–Crippen MR) is 80.5 cm³/mol. The first-order valence-corrected chi connectivity index (χ1v) is 7.23. The topological polar surface area (TPSA) is 90.2 Å². The molecule has 1 saturated heterocycles. The van der Waals surface area contributed by atoms with Gasteiger partial charge in [0.05, 0.1) is 17.3 Å². The Bertz CT molecular complexity index is 508. The molecule has 0 spiro atoms. The molecule has 0 aliphatic carbocycles. The number of aromatic nitrogens is 2. The van der Waals surface area contributed by atoms with Crippen LogP contribution in [0, 0.1) is 12.8 Å². The molecule has 0 saturated carbocycles. The minimum Gasteiger partial charge on any atom is -0.394 e. The second-order valence-electron chi connectivity index (χ2n) is 6.04. The molecular weight excluding hydrogens is 254 g/mol. The summed E-state index contributed by atoms with van der Waals surface area (Å²) in [6.07, 6.45) is 1.79. The molecule has 1 amide bonds. The summed E-state index contributed by atoms with van der Waals surface area (Å²) in [6, 6.07) is 0.559. The van der Waals surface area contributed by atoms with Crippen LogP contribution in [0.1, 0.15) is 45.3 Å². The Labute approximate surface area is 120 Å². The van der Waals surface area contributed by atoms with Crippen LogP contribution in [0.5, 0.6) is 0 Å². The van der Waals surface area contributed by atoms with Crippen LogP contribution in [0.3, 0.4) is 0 Å². The van der Waals surface area contributed by atoms with E-state index in [1.807, 2.05) is 11.6 Å². The van der Waals surface area contributed by atoms with Crippen molar-refractivity contribution in [3.8, 4) is 0 Å². The van der Waals surface area contributed by atoms with Crippen molar-refractivity contribution in [3.63, 3.8) is 0 Å². The summed E-state index contributed by atoms with van der Waals surface area (Å²) in [5, 5.41) is 4.52. The zero-order valence-corrected chi connectivity index (χ0v) is 12.8. The highest BCUT2D eigenvalue weighted by Gasteiger charge is 2.32. The monoisotopic (exact) mass is 279 g/mol. The number of nitrogens with zero attached hydrogens (tertiary/aromatic N) is 3. The Hall–Kier alpha value is -1.72. The summed E-state index contributed by atoms with van der Waals surface area (Å²) in [6.45, 7) is 8.85. The Morgan fingerprint density at radius 2 is 2.05 bits per heavy atom. The van der Waals surface area contributed by atoms with E-state index in [0.29, 0.717) is 18.3 Å². The molecule has 1 aromatic heterocycles. The number of nitrogen functional groups attached to an aromatic ring is 1. The highest BCUT2D eigenvalue weighted by atomic mass is 16.1. The first kappa shape index (κ1) is 14.7.